The van der Waals surface area contributed by atoms with Gasteiger partial charge in [-0.05, 0) is 37.1 Å². The van der Waals surface area contributed by atoms with E-state index >= 15 is 0 Å². The summed E-state index contributed by atoms with van der Waals surface area (Å²) < 4.78 is 52.0. The van der Waals surface area contributed by atoms with E-state index in [4.69, 9.17) is 32.7 Å². The molecule has 12 heteroatoms. The monoisotopic (exact) mass is 552 g/mol. The zero-order valence-electron chi connectivity index (χ0n) is 19.3. The highest BCUT2D eigenvalue weighted by atomic mass is 35.5. The summed E-state index contributed by atoms with van der Waals surface area (Å²) in [5.41, 5.74) is 0.285. The van der Waals surface area contributed by atoms with E-state index in [1.54, 1.807) is 0 Å². The molecule has 0 saturated carbocycles. The second-order valence-corrected chi connectivity index (χ2v) is 9.60. The molecule has 2 aliphatic rings. The van der Waals surface area contributed by atoms with E-state index in [2.05, 4.69) is 21.9 Å². The normalized spacial score (nSPS) is 20.8. The van der Waals surface area contributed by atoms with E-state index in [1.807, 2.05) is 4.90 Å². The summed E-state index contributed by atoms with van der Waals surface area (Å²) in [7, 11) is 0. The lowest BCUT2D eigenvalue weighted by molar-refractivity contribution is -0.131. The van der Waals surface area contributed by atoms with Crippen molar-refractivity contribution in [2.45, 2.75) is 50.5 Å². The number of alkyl halides is 2. The van der Waals surface area contributed by atoms with Crippen molar-refractivity contribution in [1.82, 2.24) is 14.9 Å². The fourth-order valence-corrected chi connectivity index (χ4v) is 5.37. The molecule has 2 saturated heterocycles. The second-order valence-electron chi connectivity index (χ2n) is 8.81. The molecule has 2 atom stereocenters. The first-order chi connectivity index (χ1) is 17.7. The molecule has 2 aliphatic heterocycles. The summed E-state index contributed by atoms with van der Waals surface area (Å²) in [4.78, 5) is 22.4. The minimum Gasteiger partial charge on any atom is -0.486 e. The van der Waals surface area contributed by atoms with Crippen LogP contribution >= 0.6 is 23.2 Å². The number of halogens is 5. The van der Waals surface area contributed by atoms with Crippen molar-refractivity contribution in [3.8, 4) is 11.5 Å². The Morgan fingerprint density at radius 3 is 2.57 bits per heavy atom. The van der Waals surface area contributed by atoms with Crippen LogP contribution in [0.15, 0.2) is 43.2 Å². The third-order valence-electron chi connectivity index (χ3n) is 6.62. The highest BCUT2D eigenvalue weighted by Crippen LogP contribution is 2.41. The highest BCUT2D eigenvalue weighted by molar-refractivity contribution is 6.42. The molecule has 0 spiro atoms. The molecular weight excluding hydrogens is 532 g/mol. The maximum Gasteiger partial charge on any atom is 0.387 e. The van der Waals surface area contributed by atoms with Crippen LogP contribution in [0.4, 0.5) is 24.7 Å². The first kappa shape index (κ1) is 25.4. The molecule has 1 amide bonds. The molecular formula is C25H21Cl2F3N4O3. The van der Waals surface area contributed by atoms with Gasteiger partial charge in [0.25, 0.3) is 0 Å². The van der Waals surface area contributed by atoms with Crippen LogP contribution < -0.4 is 14.8 Å². The summed E-state index contributed by atoms with van der Waals surface area (Å²) in [5, 5.41) is 3.04. The third-order valence-corrected chi connectivity index (χ3v) is 7.40. The Labute approximate surface area is 220 Å². The van der Waals surface area contributed by atoms with Crippen LogP contribution in [0.2, 0.25) is 10.0 Å². The van der Waals surface area contributed by atoms with Crippen LogP contribution in [0.5, 0.6) is 11.5 Å². The number of nitrogens with zero attached hydrogens (tertiary/aromatic N) is 3. The zero-order chi connectivity index (χ0) is 26.3. The van der Waals surface area contributed by atoms with E-state index < -0.39 is 12.4 Å². The Balaban J connectivity index is 1.48. The van der Waals surface area contributed by atoms with E-state index in [-0.39, 0.29) is 62.7 Å². The fourth-order valence-electron chi connectivity index (χ4n) is 5.06. The van der Waals surface area contributed by atoms with Gasteiger partial charge in [-0.2, -0.15) is 8.78 Å². The predicted octanol–water partition coefficient (Wildman–Crippen LogP) is 6.51. The van der Waals surface area contributed by atoms with Gasteiger partial charge in [-0.3, -0.25) is 4.79 Å². The van der Waals surface area contributed by atoms with Gasteiger partial charge in [-0.25, -0.2) is 14.4 Å². The average molecular weight is 553 g/mol. The SMILES string of the molecule is C=CC(=O)N1C2CCC1CC(Oc1cc3c(Nc4ccc(Cl)c(Cl)c4F)ncnc3cc1OC(F)F)C2. The number of carbonyl (C=O) groups is 1. The Morgan fingerprint density at radius 2 is 1.89 bits per heavy atom. The maximum atomic E-state index is 14.7. The minimum atomic E-state index is -3.09. The van der Waals surface area contributed by atoms with Gasteiger partial charge in [0.05, 0.1) is 21.2 Å². The Kier molecular flexibility index (Phi) is 7.04. The molecule has 3 heterocycles. The van der Waals surface area contributed by atoms with Crippen LogP contribution in [0, 0.1) is 5.82 Å². The average Bonchev–Trinajstić information content (AvgIpc) is 3.14. The van der Waals surface area contributed by atoms with E-state index in [9.17, 15) is 18.0 Å². The van der Waals surface area contributed by atoms with Gasteiger partial charge in [0.15, 0.2) is 17.3 Å². The number of carbonyl (C=O) groups excluding carboxylic acids is 1. The number of benzene rings is 2. The summed E-state index contributed by atoms with van der Waals surface area (Å²) in [5.74, 6) is -0.827. The maximum absolute atomic E-state index is 14.7. The van der Waals surface area contributed by atoms with Gasteiger partial charge < -0.3 is 19.7 Å². The van der Waals surface area contributed by atoms with E-state index in [1.165, 1.54) is 36.7 Å². The van der Waals surface area contributed by atoms with E-state index in [0.29, 0.717) is 18.2 Å². The van der Waals surface area contributed by atoms with Gasteiger partial charge >= 0.3 is 6.61 Å². The number of hydrogen-bond acceptors (Lipinski definition) is 6. The number of anilines is 2. The molecule has 0 aliphatic carbocycles. The number of piperidine rings is 1. The summed E-state index contributed by atoms with van der Waals surface area (Å²) in [6.07, 6.45) is 4.91. The lowest BCUT2D eigenvalue weighted by atomic mass is 9.99. The predicted molar refractivity (Wildman–Crippen MR) is 133 cm³/mol. The largest absolute Gasteiger partial charge is 0.486 e. The standard InChI is InChI=1S/C25H21Cl2F3N4O3/c1-2-21(35)34-12-3-4-13(34)8-14(7-12)36-19-9-15-18(10-20(19)37-25(29)30)31-11-32-24(15)33-17-6-5-16(26)22(27)23(17)28/h2,5-6,9-14,25H,1,3-4,7-8H2,(H,31,32,33). The van der Waals surface area contributed by atoms with Gasteiger partial charge in [0.2, 0.25) is 5.91 Å². The zero-order valence-corrected chi connectivity index (χ0v) is 20.8. The topological polar surface area (TPSA) is 76.6 Å². The van der Waals surface area contributed by atoms with Crippen molar-refractivity contribution in [3.63, 3.8) is 0 Å². The third kappa shape index (κ3) is 5.00. The van der Waals surface area contributed by atoms with Crippen molar-refractivity contribution in [1.29, 1.82) is 0 Å². The van der Waals surface area contributed by atoms with Gasteiger partial charge in [0, 0.05) is 36.4 Å². The van der Waals surface area contributed by atoms with Gasteiger partial charge in [0.1, 0.15) is 18.2 Å². The minimum absolute atomic E-state index is 0.0145. The fraction of sp³-hybridized carbons (Fsp3) is 0.320. The van der Waals surface area contributed by atoms with Gasteiger partial charge in [-0.15, -0.1) is 0 Å². The molecule has 37 heavy (non-hydrogen) atoms. The number of aromatic nitrogens is 2. The summed E-state index contributed by atoms with van der Waals surface area (Å²) in [6.45, 7) is 0.485. The smallest absolute Gasteiger partial charge is 0.387 e. The molecule has 2 fully saturated rings. The summed E-state index contributed by atoms with van der Waals surface area (Å²) in [6, 6.07) is 5.59. The number of nitrogens with one attached hydrogen (secondary N) is 1. The number of fused-ring (bicyclic) bond motifs is 3. The van der Waals surface area contributed by atoms with Crippen molar-refractivity contribution in [3.05, 3.63) is 59.1 Å². The Bertz CT molecular complexity index is 1360. The number of ether oxygens (including phenoxy) is 2. The quantitative estimate of drug-likeness (QED) is 0.266. The number of amides is 1. The molecule has 1 aromatic heterocycles. The molecule has 0 radical (unpaired) electrons. The van der Waals surface area contributed by atoms with Crippen molar-refractivity contribution < 1.29 is 27.4 Å². The molecule has 5 rings (SSSR count). The molecule has 2 aromatic carbocycles. The van der Waals surface area contributed by atoms with Crippen LogP contribution in [-0.4, -0.2) is 45.6 Å². The second kappa shape index (κ2) is 10.3. The number of rotatable bonds is 7. The first-order valence-corrected chi connectivity index (χ1v) is 12.3. The Hall–Kier alpha value is -3.24. The van der Waals surface area contributed by atoms with Crippen LogP contribution in [0.3, 0.4) is 0 Å². The lowest BCUT2D eigenvalue weighted by Crippen LogP contribution is -2.48. The molecule has 7 nitrogen and oxygen atoms in total. The molecule has 2 unspecified atom stereocenters. The molecule has 1 N–H and O–H groups in total. The van der Waals surface area contributed by atoms with Crippen LogP contribution in [0.25, 0.3) is 10.9 Å². The lowest BCUT2D eigenvalue weighted by Gasteiger charge is -2.38. The Morgan fingerprint density at radius 1 is 1.16 bits per heavy atom. The van der Waals surface area contributed by atoms with Crippen molar-refractivity contribution in [2.75, 3.05) is 5.32 Å². The molecule has 2 bridgehead atoms. The highest BCUT2D eigenvalue weighted by Gasteiger charge is 2.43. The summed E-state index contributed by atoms with van der Waals surface area (Å²) >= 11 is 11.8. The molecule has 3 aromatic rings. The van der Waals surface area contributed by atoms with Crippen molar-refractivity contribution in [2.24, 2.45) is 0 Å². The van der Waals surface area contributed by atoms with Crippen LogP contribution in [0.1, 0.15) is 25.7 Å². The van der Waals surface area contributed by atoms with Crippen LogP contribution in [-0.2, 0) is 4.79 Å². The van der Waals surface area contributed by atoms with Crippen molar-refractivity contribution >= 4 is 51.5 Å². The van der Waals surface area contributed by atoms with E-state index in [0.717, 1.165) is 12.8 Å². The number of hydrogen-bond donors (Lipinski definition) is 1. The molecule has 194 valence electrons. The van der Waals surface area contributed by atoms with Gasteiger partial charge in [-0.1, -0.05) is 29.8 Å². The first-order valence-electron chi connectivity index (χ1n) is 11.5.